The Morgan fingerprint density at radius 3 is 2.57 bits per heavy atom. The van der Waals surface area contributed by atoms with E-state index in [1.54, 1.807) is 49.5 Å². The number of aryl methyl sites for hydroxylation is 1. The van der Waals surface area contributed by atoms with Gasteiger partial charge in [0.05, 0.1) is 16.1 Å². The maximum Gasteiger partial charge on any atom is 0.262 e. The number of nitrogens with zero attached hydrogens (tertiary/aromatic N) is 1. The number of amides is 1. The molecule has 0 saturated carbocycles. The summed E-state index contributed by atoms with van der Waals surface area (Å²) in [5.74, 6) is -0.399. The van der Waals surface area contributed by atoms with Gasteiger partial charge in [-0.2, -0.15) is 0 Å². The second kappa shape index (κ2) is 8.30. The molecule has 3 aromatic rings. The number of halogens is 2. The highest BCUT2D eigenvalue weighted by Gasteiger charge is 2.18. The molecule has 0 atom stereocenters. The lowest BCUT2D eigenvalue weighted by Crippen LogP contribution is -2.16. The first-order chi connectivity index (χ1) is 13.2. The topological polar surface area (TPSA) is 88.2 Å². The Bertz CT molecular complexity index is 1150. The minimum atomic E-state index is -3.87. The van der Waals surface area contributed by atoms with Gasteiger partial charge in [0.15, 0.2) is 0 Å². The van der Waals surface area contributed by atoms with Crippen molar-refractivity contribution in [1.29, 1.82) is 0 Å². The SMILES string of the molecule is Cc1ccc(NC(=O)c2cncc(Br)c2)cc1S(=O)(=O)Nc1cccc(Cl)c1. The van der Waals surface area contributed by atoms with Crippen LogP contribution in [0.5, 0.6) is 0 Å². The van der Waals surface area contributed by atoms with Crippen molar-refractivity contribution in [2.45, 2.75) is 11.8 Å². The van der Waals surface area contributed by atoms with E-state index in [1.165, 1.54) is 18.3 Å². The molecule has 1 aromatic heterocycles. The standard InChI is InChI=1S/C19H15BrClN3O3S/c1-12-5-6-16(23-19(25)13-7-14(20)11-22-10-13)9-18(12)28(26,27)24-17-4-2-3-15(21)8-17/h2-11,24H,1H3,(H,23,25). The van der Waals surface area contributed by atoms with E-state index in [-0.39, 0.29) is 4.90 Å². The molecule has 28 heavy (non-hydrogen) atoms. The molecule has 0 spiro atoms. The molecular weight excluding hydrogens is 466 g/mol. The second-order valence-electron chi connectivity index (χ2n) is 5.94. The quantitative estimate of drug-likeness (QED) is 0.546. The molecule has 0 fully saturated rings. The number of pyridine rings is 1. The van der Waals surface area contributed by atoms with Crippen LogP contribution in [0.1, 0.15) is 15.9 Å². The van der Waals surface area contributed by atoms with Crippen LogP contribution >= 0.6 is 27.5 Å². The molecule has 1 heterocycles. The summed E-state index contributed by atoms with van der Waals surface area (Å²) in [7, 11) is -3.87. The normalized spacial score (nSPS) is 11.1. The molecule has 1 amide bonds. The van der Waals surface area contributed by atoms with E-state index >= 15 is 0 Å². The number of aromatic nitrogens is 1. The number of anilines is 2. The molecule has 0 bridgehead atoms. The van der Waals surface area contributed by atoms with Crippen molar-refractivity contribution in [3.8, 4) is 0 Å². The van der Waals surface area contributed by atoms with Crippen LogP contribution in [0.2, 0.25) is 5.02 Å². The largest absolute Gasteiger partial charge is 0.322 e. The van der Waals surface area contributed by atoms with Crippen LogP contribution in [-0.2, 0) is 10.0 Å². The van der Waals surface area contributed by atoms with E-state index in [1.807, 2.05) is 0 Å². The number of hydrogen-bond acceptors (Lipinski definition) is 4. The third-order valence-corrected chi connectivity index (χ3v) is 5.97. The number of carbonyl (C=O) groups is 1. The number of benzene rings is 2. The zero-order valence-corrected chi connectivity index (χ0v) is 17.8. The highest BCUT2D eigenvalue weighted by atomic mass is 79.9. The molecule has 0 radical (unpaired) electrons. The Labute approximate surface area is 176 Å². The molecule has 9 heteroatoms. The third-order valence-electron chi connectivity index (χ3n) is 3.78. The maximum absolute atomic E-state index is 12.8. The first-order valence-electron chi connectivity index (χ1n) is 8.05. The minimum absolute atomic E-state index is 0.0534. The first kappa shape index (κ1) is 20.3. The Kier molecular flexibility index (Phi) is 6.02. The van der Waals surface area contributed by atoms with E-state index in [0.717, 1.165) is 0 Å². The van der Waals surface area contributed by atoms with Crippen molar-refractivity contribution in [3.63, 3.8) is 0 Å². The van der Waals surface area contributed by atoms with Gasteiger partial charge in [-0.25, -0.2) is 8.42 Å². The molecule has 0 aliphatic carbocycles. The average molecular weight is 481 g/mol. The predicted octanol–water partition coefficient (Wildman–Crippen LogP) is 4.86. The molecular formula is C19H15BrClN3O3S. The summed E-state index contributed by atoms with van der Waals surface area (Å²) in [6.45, 7) is 1.68. The van der Waals surface area contributed by atoms with Gasteiger partial charge in [-0.3, -0.25) is 14.5 Å². The smallest absolute Gasteiger partial charge is 0.262 e. The van der Waals surface area contributed by atoms with Gasteiger partial charge in [0.2, 0.25) is 0 Å². The molecule has 2 N–H and O–H groups in total. The number of nitrogens with one attached hydrogen (secondary N) is 2. The lowest BCUT2D eigenvalue weighted by molar-refractivity contribution is 0.102. The van der Waals surface area contributed by atoms with Gasteiger partial charge < -0.3 is 5.32 Å². The predicted molar refractivity (Wildman–Crippen MR) is 113 cm³/mol. The fraction of sp³-hybridized carbons (Fsp3) is 0.0526. The number of rotatable bonds is 5. The van der Waals surface area contributed by atoms with Crippen molar-refractivity contribution in [3.05, 3.63) is 81.5 Å². The van der Waals surface area contributed by atoms with E-state index in [0.29, 0.717) is 32.0 Å². The first-order valence-corrected chi connectivity index (χ1v) is 10.7. The summed E-state index contributed by atoms with van der Waals surface area (Å²) in [5, 5.41) is 3.10. The van der Waals surface area contributed by atoms with E-state index in [2.05, 4.69) is 31.0 Å². The Morgan fingerprint density at radius 2 is 1.86 bits per heavy atom. The summed E-state index contributed by atoms with van der Waals surface area (Å²) < 4.78 is 28.8. The van der Waals surface area contributed by atoms with Gasteiger partial charge in [0.25, 0.3) is 15.9 Å². The van der Waals surface area contributed by atoms with E-state index in [4.69, 9.17) is 11.6 Å². The number of carbonyl (C=O) groups excluding carboxylic acids is 1. The minimum Gasteiger partial charge on any atom is -0.322 e. The van der Waals surface area contributed by atoms with Crippen molar-refractivity contribution in [2.24, 2.45) is 0 Å². The van der Waals surface area contributed by atoms with Gasteiger partial charge in [0.1, 0.15) is 0 Å². The maximum atomic E-state index is 12.8. The highest BCUT2D eigenvalue weighted by molar-refractivity contribution is 9.10. The van der Waals surface area contributed by atoms with Crippen LogP contribution in [0.25, 0.3) is 0 Å². The van der Waals surface area contributed by atoms with Crippen LogP contribution in [0.3, 0.4) is 0 Å². The third kappa shape index (κ3) is 4.89. The highest BCUT2D eigenvalue weighted by Crippen LogP contribution is 2.24. The van der Waals surface area contributed by atoms with Crippen molar-refractivity contribution in [1.82, 2.24) is 4.98 Å². The molecule has 0 aliphatic rings. The van der Waals surface area contributed by atoms with Gasteiger partial charge in [-0.1, -0.05) is 23.7 Å². The average Bonchev–Trinajstić information content (AvgIpc) is 2.63. The Hall–Kier alpha value is -2.42. The molecule has 0 saturated heterocycles. The van der Waals surface area contributed by atoms with Crippen LogP contribution in [0, 0.1) is 6.92 Å². The Morgan fingerprint density at radius 1 is 1.07 bits per heavy atom. The van der Waals surface area contributed by atoms with Crippen LogP contribution in [0.15, 0.2) is 70.3 Å². The van der Waals surface area contributed by atoms with Crippen LogP contribution in [-0.4, -0.2) is 19.3 Å². The molecule has 6 nitrogen and oxygen atoms in total. The molecule has 3 rings (SSSR count). The molecule has 0 aliphatic heterocycles. The summed E-state index contributed by atoms with van der Waals surface area (Å²) in [6.07, 6.45) is 2.99. The van der Waals surface area contributed by atoms with Gasteiger partial charge in [0, 0.05) is 27.6 Å². The fourth-order valence-corrected chi connectivity index (χ4v) is 4.35. The lowest BCUT2D eigenvalue weighted by atomic mass is 10.2. The fourth-order valence-electron chi connectivity index (χ4n) is 2.47. The molecule has 144 valence electrons. The summed E-state index contributed by atoms with van der Waals surface area (Å²) in [6, 6.07) is 12.7. The van der Waals surface area contributed by atoms with E-state index in [9.17, 15) is 13.2 Å². The number of sulfonamides is 1. The summed E-state index contributed by atoms with van der Waals surface area (Å²) >= 11 is 9.17. The molecule has 0 unspecified atom stereocenters. The second-order valence-corrected chi connectivity index (χ2v) is 8.95. The van der Waals surface area contributed by atoms with E-state index < -0.39 is 15.9 Å². The van der Waals surface area contributed by atoms with Crippen molar-refractivity contribution >= 4 is 54.8 Å². The van der Waals surface area contributed by atoms with Gasteiger partial charge in [-0.15, -0.1) is 0 Å². The zero-order valence-electron chi connectivity index (χ0n) is 14.6. The van der Waals surface area contributed by atoms with Crippen LogP contribution < -0.4 is 10.0 Å². The van der Waals surface area contributed by atoms with Crippen molar-refractivity contribution < 1.29 is 13.2 Å². The summed E-state index contributed by atoms with van der Waals surface area (Å²) in [5.41, 5.74) is 1.58. The lowest BCUT2D eigenvalue weighted by Gasteiger charge is -2.13. The monoisotopic (exact) mass is 479 g/mol. The van der Waals surface area contributed by atoms with Crippen molar-refractivity contribution in [2.75, 3.05) is 10.0 Å². The number of hydrogen-bond donors (Lipinski definition) is 2. The van der Waals surface area contributed by atoms with Gasteiger partial charge >= 0.3 is 0 Å². The zero-order chi connectivity index (χ0) is 20.3. The van der Waals surface area contributed by atoms with Gasteiger partial charge in [-0.05, 0) is 64.8 Å². The summed E-state index contributed by atoms with van der Waals surface area (Å²) in [4.78, 5) is 16.4. The molecule has 2 aromatic carbocycles. The Balaban J connectivity index is 1.87. The van der Waals surface area contributed by atoms with Crippen LogP contribution in [0.4, 0.5) is 11.4 Å².